The maximum absolute atomic E-state index is 5.27. The van der Waals surface area contributed by atoms with Crippen molar-refractivity contribution in [2.45, 2.75) is 39.2 Å². The van der Waals surface area contributed by atoms with Crippen molar-refractivity contribution in [1.82, 2.24) is 19.6 Å². The molecule has 104 valence electrons. The number of rotatable bonds is 7. The van der Waals surface area contributed by atoms with Gasteiger partial charge < -0.3 is 10.1 Å². The van der Waals surface area contributed by atoms with Gasteiger partial charge in [0.15, 0.2) is 0 Å². The van der Waals surface area contributed by atoms with Crippen LogP contribution in [0.25, 0.3) is 5.78 Å². The van der Waals surface area contributed by atoms with Crippen LogP contribution in [0.4, 0.5) is 5.82 Å². The van der Waals surface area contributed by atoms with Gasteiger partial charge in [0.2, 0.25) is 0 Å². The molecule has 1 unspecified atom stereocenters. The first-order valence-corrected chi connectivity index (χ1v) is 6.67. The van der Waals surface area contributed by atoms with Crippen LogP contribution in [0.2, 0.25) is 0 Å². The number of nitrogens with one attached hydrogen (secondary N) is 1. The fourth-order valence-corrected chi connectivity index (χ4v) is 2.09. The Hall–Kier alpha value is -1.69. The van der Waals surface area contributed by atoms with Crippen LogP contribution in [0.15, 0.2) is 12.4 Å². The summed E-state index contributed by atoms with van der Waals surface area (Å²) in [7, 11) is 1.73. The smallest absolute Gasteiger partial charge is 0.254 e. The van der Waals surface area contributed by atoms with Gasteiger partial charge >= 0.3 is 0 Å². The average molecular weight is 263 g/mol. The number of hydrogen-bond donors (Lipinski definition) is 1. The molecule has 2 rings (SSSR count). The summed E-state index contributed by atoms with van der Waals surface area (Å²) in [6.45, 7) is 4.82. The van der Waals surface area contributed by atoms with E-state index in [0.29, 0.717) is 12.4 Å². The molecular formula is C13H21N5O. The number of aromatic nitrogens is 4. The van der Waals surface area contributed by atoms with Gasteiger partial charge in [-0.1, -0.05) is 19.8 Å². The SMILES string of the molecule is CCCCC(COC)Nc1cc(C)nc2ncnn12. The van der Waals surface area contributed by atoms with E-state index in [4.69, 9.17) is 4.74 Å². The lowest BCUT2D eigenvalue weighted by Crippen LogP contribution is -2.26. The van der Waals surface area contributed by atoms with E-state index in [9.17, 15) is 0 Å². The van der Waals surface area contributed by atoms with Crippen LogP contribution < -0.4 is 5.32 Å². The van der Waals surface area contributed by atoms with Gasteiger partial charge in [-0.15, -0.1) is 0 Å². The highest BCUT2D eigenvalue weighted by Gasteiger charge is 2.11. The van der Waals surface area contributed by atoms with Crippen LogP contribution >= 0.6 is 0 Å². The van der Waals surface area contributed by atoms with Crippen molar-refractivity contribution < 1.29 is 4.74 Å². The highest BCUT2D eigenvalue weighted by molar-refractivity contribution is 5.45. The minimum absolute atomic E-state index is 0.277. The highest BCUT2D eigenvalue weighted by Crippen LogP contribution is 2.14. The summed E-state index contributed by atoms with van der Waals surface area (Å²) in [6, 6.07) is 2.26. The molecule has 0 saturated heterocycles. The standard InChI is InChI=1S/C13H21N5O/c1-4-5-6-11(8-19-3)17-12-7-10(2)16-13-14-9-15-18(12)13/h7,9,11,17H,4-6,8H2,1-3H3. The fraction of sp³-hybridized carbons (Fsp3) is 0.615. The van der Waals surface area contributed by atoms with Gasteiger partial charge in [0, 0.05) is 18.9 Å². The molecule has 19 heavy (non-hydrogen) atoms. The Kier molecular flexibility index (Phi) is 4.68. The zero-order valence-corrected chi connectivity index (χ0v) is 11.8. The molecule has 0 fully saturated rings. The van der Waals surface area contributed by atoms with Gasteiger partial charge in [0.25, 0.3) is 5.78 Å². The maximum Gasteiger partial charge on any atom is 0.254 e. The molecule has 6 nitrogen and oxygen atoms in total. The second kappa shape index (κ2) is 6.47. The normalized spacial score (nSPS) is 12.8. The summed E-state index contributed by atoms with van der Waals surface area (Å²) >= 11 is 0. The Morgan fingerprint density at radius 2 is 2.32 bits per heavy atom. The molecule has 2 heterocycles. The predicted molar refractivity (Wildman–Crippen MR) is 74.3 cm³/mol. The molecule has 0 bridgehead atoms. The highest BCUT2D eigenvalue weighted by atomic mass is 16.5. The van der Waals surface area contributed by atoms with Crippen molar-refractivity contribution in [1.29, 1.82) is 0 Å². The Morgan fingerprint density at radius 3 is 3.05 bits per heavy atom. The fourth-order valence-electron chi connectivity index (χ4n) is 2.09. The van der Waals surface area contributed by atoms with Crippen molar-refractivity contribution in [3.8, 4) is 0 Å². The van der Waals surface area contributed by atoms with Crippen molar-refractivity contribution in [2.75, 3.05) is 19.0 Å². The van der Waals surface area contributed by atoms with Gasteiger partial charge in [-0.2, -0.15) is 14.6 Å². The number of unbranched alkanes of at least 4 members (excludes halogenated alkanes) is 1. The van der Waals surface area contributed by atoms with E-state index >= 15 is 0 Å². The number of methoxy groups -OCH3 is 1. The van der Waals surface area contributed by atoms with Crippen molar-refractivity contribution >= 4 is 11.6 Å². The Bertz CT molecular complexity index is 525. The van der Waals surface area contributed by atoms with E-state index in [0.717, 1.165) is 17.9 Å². The first kappa shape index (κ1) is 13.7. The lowest BCUT2D eigenvalue weighted by Gasteiger charge is -2.19. The Morgan fingerprint density at radius 1 is 1.47 bits per heavy atom. The number of aryl methyl sites for hydroxylation is 1. The molecule has 0 radical (unpaired) electrons. The quantitative estimate of drug-likeness (QED) is 0.828. The molecule has 0 spiro atoms. The topological polar surface area (TPSA) is 64.3 Å². The molecule has 1 N–H and O–H groups in total. The minimum atomic E-state index is 0.277. The second-order valence-electron chi connectivity index (χ2n) is 4.69. The number of nitrogens with zero attached hydrogens (tertiary/aromatic N) is 4. The lowest BCUT2D eigenvalue weighted by atomic mass is 10.1. The van der Waals surface area contributed by atoms with E-state index in [1.807, 2.05) is 13.0 Å². The molecular weight excluding hydrogens is 242 g/mol. The molecule has 0 aliphatic carbocycles. The predicted octanol–water partition coefficient (Wildman–Crippen LogP) is 2.05. The molecule has 0 aromatic carbocycles. The third kappa shape index (κ3) is 3.41. The van der Waals surface area contributed by atoms with Crippen molar-refractivity contribution in [3.05, 3.63) is 18.1 Å². The zero-order valence-electron chi connectivity index (χ0n) is 11.8. The van der Waals surface area contributed by atoms with Gasteiger partial charge in [-0.3, -0.25) is 0 Å². The van der Waals surface area contributed by atoms with Crippen LogP contribution in [-0.2, 0) is 4.74 Å². The molecule has 1 atom stereocenters. The zero-order chi connectivity index (χ0) is 13.7. The average Bonchev–Trinajstić information content (AvgIpc) is 2.84. The van der Waals surface area contributed by atoms with Gasteiger partial charge in [-0.05, 0) is 13.3 Å². The summed E-state index contributed by atoms with van der Waals surface area (Å²) in [5.41, 5.74) is 0.926. The van der Waals surface area contributed by atoms with Gasteiger partial charge in [0.05, 0.1) is 12.6 Å². The van der Waals surface area contributed by atoms with Crippen LogP contribution in [-0.4, -0.2) is 39.3 Å². The molecule has 0 amide bonds. The largest absolute Gasteiger partial charge is 0.383 e. The Balaban J connectivity index is 2.19. The maximum atomic E-state index is 5.27. The van der Waals surface area contributed by atoms with E-state index < -0.39 is 0 Å². The van der Waals surface area contributed by atoms with Crippen molar-refractivity contribution in [2.24, 2.45) is 0 Å². The van der Waals surface area contributed by atoms with E-state index in [1.165, 1.54) is 19.2 Å². The number of anilines is 1. The van der Waals surface area contributed by atoms with Gasteiger partial charge in [-0.25, -0.2) is 4.98 Å². The molecule has 0 aliphatic rings. The van der Waals surface area contributed by atoms with Crippen LogP contribution in [0.5, 0.6) is 0 Å². The van der Waals surface area contributed by atoms with E-state index in [1.54, 1.807) is 11.6 Å². The lowest BCUT2D eigenvalue weighted by molar-refractivity contribution is 0.182. The summed E-state index contributed by atoms with van der Waals surface area (Å²) < 4.78 is 7.00. The summed E-state index contributed by atoms with van der Waals surface area (Å²) in [5.74, 6) is 1.53. The number of hydrogen-bond acceptors (Lipinski definition) is 5. The molecule has 0 saturated carbocycles. The Labute approximate surface area is 113 Å². The van der Waals surface area contributed by atoms with Crippen molar-refractivity contribution in [3.63, 3.8) is 0 Å². The summed E-state index contributed by atoms with van der Waals surface area (Å²) in [6.07, 6.45) is 4.94. The second-order valence-corrected chi connectivity index (χ2v) is 4.69. The monoisotopic (exact) mass is 263 g/mol. The minimum Gasteiger partial charge on any atom is -0.383 e. The van der Waals surface area contributed by atoms with Crippen LogP contribution in [0.3, 0.4) is 0 Å². The molecule has 0 aliphatic heterocycles. The molecule has 6 heteroatoms. The number of fused-ring (bicyclic) bond motifs is 1. The third-order valence-corrected chi connectivity index (χ3v) is 3.01. The summed E-state index contributed by atoms with van der Waals surface area (Å²) in [5, 5.41) is 7.67. The number of ether oxygens (including phenoxy) is 1. The molecule has 2 aromatic rings. The van der Waals surface area contributed by atoms with Gasteiger partial charge in [0.1, 0.15) is 12.1 Å². The van der Waals surface area contributed by atoms with E-state index in [2.05, 4.69) is 27.3 Å². The van der Waals surface area contributed by atoms with E-state index in [-0.39, 0.29) is 6.04 Å². The third-order valence-electron chi connectivity index (χ3n) is 3.01. The molecule has 2 aromatic heterocycles. The van der Waals surface area contributed by atoms with Crippen LogP contribution in [0, 0.1) is 6.92 Å². The first-order valence-electron chi connectivity index (χ1n) is 6.67. The first-order chi connectivity index (χ1) is 9.24. The summed E-state index contributed by atoms with van der Waals surface area (Å²) in [4.78, 5) is 8.45. The van der Waals surface area contributed by atoms with Crippen LogP contribution in [0.1, 0.15) is 31.9 Å².